The van der Waals surface area contributed by atoms with Gasteiger partial charge in [-0.25, -0.2) is 9.97 Å². The highest BCUT2D eigenvalue weighted by molar-refractivity contribution is 6.67. The van der Waals surface area contributed by atoms with Crippen LogP contribution in [-0.2, 0) is 7.05 Å². The zero-order valence-corrected chi connectivity index (χ0v) is 19.7. The molecule has 152 valence electrons. The molecule has 0 saturated heterocycles. The van der Waals surface area contributed by atoms with Gasteiger partial charge in [-0.2, -0.15) is 0 Å². The number of fused-ring (bicyclic) bond motifs is 1. The summed E-state index contributed by atoms with van der Waals surface area (Å²) in [4.78, 5) is 8.79. The van der Waals surface area contributed by atoms with Crippen LogP contribution in [0.2, 0.25) is 0 Å². The summed E-state index contributed by atoms with van der Waals surface area (Å²) in [6.07, 6.45) is 9.77. The smallest absolute Gasteiger partial charge is 0.139 e. The normalized spacial score (nSPS) is 11.3. The number of hydrogen-bond acceptors (Lipinski definition) is 3. The van der Waals surface area contributed by atoms with Crippen LogP contribution in [0.5, 0.6) is 0 Å². The summed E-state index contributed by atoms with van der Waals surface area (Å²) >= 11 is 0. The van der Waals surface area contributed by atoms with Crippen molar-refractivity contribution in [1.29, 1.82) is 0 Å². The average Bonchev–Trinajstić information content (AvgIpc) is 3.21. The Labute approximate surface area is 194 Å². The van der Waals surface area contributed by atoms with Gasteiger partial charge < -0.3 is 9.88 Å². The molecule has 1 N–H and O–H groups in total. The summed E-state index contributed by atoms with van der Waals surface area (Å²) in [7, 11) is 13.0. The molecule has 4 nitrogen and oxygen atoms in total. The molecule has 32 heavy (non-hydrogen) atoms. The van der Waals surface area contributed by atoms with E-state index in [1.165, 1.54) is 32.9 Å². The van der Waals surface area contributed by atoms with Crippen LogP contribution >= 0.6 is 0 Å². The van der Waals surface area contributed by atoms with Gasteiger partial charge in [0.1, 0.15) is 45.0 Å². The fourth-order valence-electron chi connectivity index (χ4n) is 4.17. The van der Waals surface area contributed by atoms with E-state index in [-0.39, 0.29) is 0 Å². The Morgan fingerprint density at radius 1 is 0.938 bits per heavy atom. The van der Waals surface area contributed by atoms with E-state index in [9.17, 15) is 0 Å². The second-order valence-corrected chi connectivity index (χ2v) is 8.54. The number of benzene rings is 2. The minimum Gasteiger partial charge on any atom is -0.341 e. The molecule has 0 unspecified atom stereocenters. The highest BCUT2D eigenvalue weighted by Gasteiger charge is 2.09. The van der Waals surface area contributed by atoms with E-state index in [1.54, 1.807) is 0 Å². The monoisotopic (exact) mass is 412 g/mol. The summed E-state index contributed by atoms with van der Waals surface area (Å²) in [6, 6.07) is 8.43. The molecule has 0 atom stereocenters. The molecular formula is C23H25B5N4. The molecule has 0 aliphatic carbocycles. The lowest BCUT2D eigenvalue weighted by Gasteiger charge is -2.18. The van der Waals surface area contributed by atoms with E-state index in [0.717, 1.165) is 33.5 Å². The lowest BCUT2D eigenvalue weighted by Crippen LogP contribution is -2.55. The first-order chi connectivity index (χ1) is 15.3. The maximum Gasteiger partial charge on any atom is 0.139 e. The molecule has 0 spiro atoms. The van der Waals surface area contributed by atoms with Gasteiger partial charge in [-0.05, 0) is 29.2 Å². The average molecular weight is 412 g/mol. The number of rotatable bonds is 5. The van der Waals surface area contributed by atoms with Crippen molar-refractivity contribution >= 4 is 89.2 Å². The molecule has 0 radical (unpaired) electrons. The van der Waals surface area contributed by atoms with E-state index in [2.05, 4.69) is 91.4 Å². The van der Waals surface area contributed by atoms with Crippen LogP contribution in [0, 0.1) is 0 Å². The standard InChI is InChI=1S/C23H25B5N4/c1-12(3-6-16-19(24)21(26)23(28)22(27)20(16)25)31-18-8-15-7-13(4-5-14(15)9-30-18)17-10-29-11-32(17)2/h3-11H,1,24-28H2,2H3,(H,30,31)/b6-3+. The van der Waals surface area contributed by atoms with E-state index < -0.39 is 0 Å². The predicted octanol–water partition coefficient (Wildman–Crippen LogP) is -3.43. The molecule has 4 aromatic rings. The Balaban J connectivity index is 1.58. The third kappa shape index (κ3) is 4.07. The van der Waals surface area contributed by atoms with Crippen molar-refractivity contribution in [3.05, 3.63) is 66.9 Å². The van der Waals surface area contributed by atoms with E-state index in [0.29, 0.717) is 0 Å². The van der Waals surface area contributed by atoms with Gasteiger partial charge in [0, 0.05) is 29.9 Å². The van der Waals surface area contributed by atoms with Crippen LogP contribution in [0.25, 0.3) is 28.1 Å². The molecule has 9 heteroatoms. The van der Waals surface area contributed by atoms with Crippen molar-refractivity contribution in [3.63, 3.8) is 0 Å². The lowest BCUT2D eigenvalue weighted by atomic mass is 9.60. The number of aryl methyl sites for hydroxylation is 1. The second-order valence-electron chi connectivity index (χ2n) is 8.54. The van der Waals surface area contributed by atoms with Crippen LogP contribution < -0.4 is 32.6 Å². The number of pyridine rings is 1. The Kier molecular flexibility index (Phi) is 5.92. The summed E-state index contributed by atoms with van der Waals surface area (Å²) in [5.41, 5.74) is 11.0. The number of allylic oxidation sites excluding steroid dienone is 1. The van der Waals surface area contributed by atoms with Crippen molar-refractivity contribution in [2.24, 2.45) is 7.05 Å². The molecular weight excluding hydrogens is 386 g/mol. The summed E-state index contributed by atoms with van der Waals surface area (Å²) in [5.74, 6) is 0.777. The molecule has 0 fully saturated rings. The fraction of sp³-hybridized carbons (Fsp3) is 0.0435. The highest BCUT2D eigenvalue weighted by atomic mass is 15.0. The minimum atomic E-state index is 0.777. The van der Waals surface area contributed by atoms with E-state index >= 15 is 0 Å². The molecule has 4 rings (SSSR count). The molecule has 0 aliphatic rings. The largest absolute Gasteiger partial charge is 0.341 e. The van der Waals surface area contributed by atoms with Crippen molar-refractivity contribution in [2.45, 2.75) is 0 Å². The lowest BCUT2D eigenvalue weighted by molar-refractivity contribution is 0.921. The van der Waals surface area contributed by atoms with Gasteiger partial charge in [-0.1, -0.05) is 35.7 Å². The molecule has 2 aromatic heterocycles. The van der Waals surface area contributed by atoms with Crippen LogP contribution in [0.3, 0.4) is 0 Å². The number of nitrogens with zero attached hydrogens (tertiary/aromatic N) is 3. The van der Waals surface area contributed by atoms with Gasteiger partial charge in [-0.3, -0.25) is 0 Å². The van der Waals surface area contributed by atoms with Crippen molar-refractivity contribution in [1.82, 2.24) is 14.5 Å². The van der Waals surface area contributed by atoms with Crippen LogP contribution in [0.15, 0.2) is 61.3 Å². The third-order valence-electron chi connectivity index (χ3n) is 6.63. The van der Waals surface area contributed by atoms with Crippen LogP contribution in [-0.4, -0.2) is 53.8 Å². The number of nitrogens with one attached hydrogen (secondary N) is 1. The van der Waals surface area contributed by atoms with Crippen molar-refractivity contribution in [3.8, 4) is 11.3 Å². The van der Waals surface area contributed by atoms with Crippen molar-refractivity contribution in [2.75, 3.05) is 5.32 Å². The van der Waals surface area contributed by atoms with Crippen LogP contribution in [0.1, 0.15) is 5.56 Å². The number of aromatic nitrogens is 3. The van der Waals surface area contributed by atoms with E-state index in [1.807, 2.05) is 36.4 Å². The Hall–Kier alpha value is -3.34. The van der Waals surface area contributed by atoms with Crippen LogP contribution in [0.4, 0.5) is 5.82 Å². The highest BCUT2D eigenvalue weighted by Crippen LogP contribution is 2.25. The first-order valence-corrected chi connectivity index (χ1v) is 10.8. The summed E-state index contributed by atoms with van der Waals surface area (Å²) in [5, 5.41) is 5.56. The molecule has 0 saturated carbocycles. The first-order valence-electron chi connectivity index (χ1n) is 10.8. The summed E-state index contributed by atoms with van der Waals surface area (Å²) in [6.45, 7) is 4.19. The maximum absolute atomic E-state index is 4.56. The van der Waals surface area contributed by atoms with Gasteiger partial charge >= 0.3 is 0 Å². The van der Waals surface area contributed by atoms with Gasteiger partial charge in [0.2, 0.25) is 0 Å². The molecule has 0 bridgehead atoms. The minimum absolute atomic E-state index is 0.777. The van der Waals surface area contributed by atoms with Crippen molar-refractivity contribution < 1.29 is 0 Å². The van der Waals surface area contributed by atoms with Gasteiger partial charge in [0.25, 0.3) is 0 Å². The predicted molar refractivity (Wildman–Crippen MR) is 153 cm³/mol. The Bertz CT molecular complexity index is 1360. The molecule has 0 amide bonds. The van der Waals surface area contributed by atoms with Gasteiger partial charge in [0.15, 0.2) is 0 Å². The summed E-state index contributed by atoms with van der Waals surface area (Å²) < 4.78 is 2.02. The Morgan fingerprint density at radius 2 is 1.62 bits per heavy atom. The number of hydrogen-bond donors (Lipinski definition) is 1. The molecule has 0 aliphatic heterocycles. The van der Waals surface area contributed by atoms with Gasteiger partial charge in [0.05, 0.1) is 18.2 Å². The third-order valence-corrected chi connectivity index (χ3v) is 6.63. The number of imidazole rings is 1. The van der Waals surface area contributed by atoms with Gasteiger partial charge in [-0.15, -0.1) is 16.4 Å². The second kappa shape index (κ2) is 8.66. The molecule has 2 aromatic carbocycles. The zero-order valence-electron chi connectivity index (χ0n) is 19.7. The topological polar surface area (TPSA) is 42.7 Å². The fourth-order valence-corrected chi connectivity index (χ4v) is 4.17. The molecule has 2 heterocycles. The quantitative estimate of drug-likeness (QED) is 0.275. The number of anilines is 1. The Morgan fingerprint density at radius 3 is 2.28 bits per heavy atom. The van der Waals surface area contributed by atoms with E-state index in [4.69, 9.17) is 0 Å². The maximum atomic E-state index is 4.56. The first kappa shape index (κ1) is 21.9. The SMILES string of the molecule is Bc1c(B)c(B)c(/C=C/C(=C)Nc2cc3cc(-c4cncn4C)ccc3cn2)c(B)c1B. The zero-order chi connectivity index (χ0) is 23.0.